The Bertz CT molecular complexity index is 638. The van der Waals surface area contributed by atoms with Gasteiger partial charge in [0.25, 0.3) is 14.7 Å². The topological polar surface area (TPSA) is 86.5 Å². The van der Waals surface area contributed by atoms with Gasteiger partial charge >= 0.3 is 0 Å². The van der Waals surface area contributed by atoms with Crippen LogP contribution in [-0.4, -0.2) is 19.4 Å². The first-order valence-corrected chi connectivity index (χ1v) is 8.98. The summed E-state index contributed by atoms with van der Waals surface area (Å²) in [6, 6.07) is 3.45. The van der Waals surface area contributed by atoms with E-state index in [2.05, 4.69) is 6.92 Å². The van der Waals surface area contributed by atoms with E-state index >= 15 is 0 Å². The van der Waals surface area contributed by atoms with Gasteiger partial charge in [-0.25, -0.2) is 8.42 Å². The predicted molar refractivity (Wildman–Crippen MR) is 78.2 cm³/mol. The van der Waals surface area contributed by atoms with Crippen molar-refractivity contribution in [1.82, 2.24) is 0 Å². The quantitative estimate of drug-likeness (QED) is 0.478. The summed E-state index contributed by atoms with van der Waals surface area (Å²) in [6.07, 6.45) is 3.61. The third-order valence-corrected chi connectivity index (χ3v) is 5.00. The number of nitro groups is 1. The molecule has 0 unspecified atom stereocenters. The van der Waals surface area contributed by atoms with Crippen LogP contribution < -0.4 is 4.74 Å². The van der Waals surface area contributed by atoms with Crippen LogP contribution in [0.2, 0.25) is 0 Å². The average molecular weight is 334 g/mol. The molecule has 2 rings (SSSR count). The minimum absolute atomic E-state index is 0.0788. The van der Waals surface area contributed by atoms with Crippen molar-refractivity contribution in [2.75, 3.05) is 0 Å². The van der Waals surface area contributed by atoms with Gasteiger partial charge in [-0.1, -0.05) is 6.92 Å². The Morgan fingerprint density at radius 2 is 1.90 bits per heavy atom. The molecule has 8 heteroatoms. The van der Waals surface area contributed by atoms with E-state index in [0.717, 1.165) is 31.7 Å². The Balaban J connectivity index is 2.28. The first-order valence-electron chi connectivity index (χ1n) is 6.67. The maximum Gasteiger partial charge on any atom is 0.271 e. The fraction of sp³-hybridized carbons (Fsp3) is 0.538. The molecule has 6 nitrogen and oxygen atoms in total. The summed E-state index contributed by atoms with van der Waals surface area (Å²) in [5, 5.41) is 10.7. The summed E-state index contributed by atoms with van der Waals surface area (Å²) in [6.45, 7) is 2.16. The lowest BCUT2D eigenvalue weighted by Crippen LogP contribution is -2.23. The molecule has 0 bridgehead atoms. The van der Waals surface area contributed by atoms with E-state index in [9.17, 15) is 18.5 Å². The fourth-order valence-corrected chi connectivity index (χ4v) is 3.40. The lowest BCUT2D eigenvalue weighted by atomic mass is 9.89. The number of non-ortho nitro benzene ring substituents is 1. The maximum atomic E-state index is 11.6. The van der Waals surface area contributed by atoms with Gasteiger partial charge in [-0.05, 0) is 37.7 Å². The second kappa shape index (κ2) is 6.19. The normalized spacial score (nSPS) is 22.8. The van der Waals surface area contributed by atoms with Crippen LogP contribution in [0, 0.1) is 16.0 Å². The van der Waals surface area contributed by atoms with Crippen LogP contribution in [0.1, 0.15) is 32.6 Å². The van der Waals surface area contributed by atoms with Crippen molar-refractivity contribution in [3.63, 3.8) is 0 Å². The van der Waals surface area contributed by atoms with Gasteiger partial charge in [0, 0.05) is 22.8 Å². The van der Waals surface area contributed by atoms with Crippen molar-refractivity contribution < 1.29 is 18.1 Å². The van der Waals surface area contributed by atoms with Gasteiger partial charge in [0.05, 0.1) is 11.0 Å². The molecule has 0 radical (unpaired) electrons. The molecule has 0 atom stereocenters. The molecular formula is C13H16ClNO5S. The summed E-state index contributed by atoms with van der Waals surface area (Å²) in [4.78, 5) is 9.73. The van der Waals surface area contributed by atoms with E-state index in [1.807, 2.05) is 0 Å². The number of rotatable bonds is 4. The fourth-order valence-electron chi connectivity index (χ4n) is 2.43. The zero-order valence-electron chi connectivity index (χ0n) is 11.5. The van der Waals surface area contributed by atoms with E-state index in [1.165, 1.54) is 12.1 Å². The van der Waals surface area contributed by atoms with E-state index in [1.54, 1.807) is 0 Å². The van der Waals surface area contributed by atoms with Crippen molar-refractivity contribution in [1.29, 1.82) is 0 Å². The summed E-state index contributed by atoms with van der Waals surface area (Å²) in [7, 11) is 1.24. The van der Waals surface area contributed by atoms with Gasteiger partial charge in [0.2, 0.25) is 0 Å². The summed E-state index contributed by atoms with van der Waals surface area (Å²) in [5.41, 5.74) is -0.334. The Hall–Kier alpha value is -1.34. The van der Waals surface area contributed by atoms with E-state index in [0.29, 0.717) is 5.92 Å². The lowest BCUT2D eigenvalue weighted by Gasteiger charge is -2.27. The molecule has 21 heavy (non-hydrogen) atoms. The molecular weight excluding hydrogens is 318 g/mol. The van der Waals surface area contributed by atoms with Gasteiger partial charge < -0.3 is 4.74 Å². The molecule has 1 aliphatic carbocycles. The Morgan fingerprint density at radius 1 is 1.29 bits per heavy atom. The Labute approximate surface area is 127 Å². The smallest absolute Gasteiger partial charge is 0.271 e. The van der Waals surface area contributed by atoms with E-state index in [-0.39, 0.29) is 22.4 Å². The lowest BCUT2D eigenvalue weighted by molar-refractivity contribution is -0.385. The highest BCUT2D eigenvalue weighted by atomic mass is 35.7. The standard InChI is InChI=1S/C13H16ClNO5S/c1-9-2-5-11(6-3-9)20-12-7-4-10(15(16)17)8-13(12)21(14,18)19/h4,7-9,11H,2-3,5-6H2,1H3. The van der Waals surface area contributed by atoms with Crippen LogP contribution in [-0.2, 0) is 9.05 Å². The number of ether oxygens (including phenoxy) is 1. The van der Waals surface area contributed by atoms with E-state index in [4.69, 9.17) is 15.4 Å². The van der Waals surface area contributed by atoms with Crippen molar-refractivity contribution in [3.05, 3.63) is 28.3 Å². The van der Waals surface area contributed by atoms with Crippen LogP contribution in [0.25, 0.3) is 0 Å². The molecule has 0 amide bonds. The van der Waals surface area contributed by atoms with Crippen molar-refractivity contribution >= 4 is 25.4 Å². The number of hydrogen-bond donors (Lipinski definition) is 0. The molecule has 0 N–H and O–H groups in total. The molecule has 1 aromatic carbocycles. The van der Waals surface area contributed by atoms with Crippen LogP contribution >= 0.6 is 10.7 Å². The molecule has 0 aromatic heterocycles. The molecule has 1 saturated carbocycles. The number of nitrogens with zero attached hydrogens (tertiary/aromatic N) is 1. The molecule has 116 valence electrons. The van der Waals surface area contributed by atoms with Gasteiger partial charge in [-0.3, -0.25) is 10.1 Å². The minimum Gasteiger partial charge on any atom is -0.489 e. The van der Waals surface area contributed by atoms with Crippen LogP contribution in [0.5, 0.6) is 5.75 Å². The molecule has 1 aliphatic rings. The highest BCUT2D eigenvalue weighted by Crippen LogP contribution is 2.34. The summed E-state index contributed by atoms with van der Waals surface area (Å²) >= 11 is 0. The number of hydrogen-bond acceptors (Lipinski definition) is 5. The van der Waals surface area contributed by atoms with Crippen molar-refractivity contribution in [2.24, 2.45) is 5.92 Å². The predicted octanol–water partition coefficient (Wildman–Crippen LogP) is 3.48. The highest BCUT2D eigenvalue weighted by Gasteiger charge is 2.25. The largest absolute Gasteiger partial charge is 0.489 e. The third kappa shape index (κ3) is 4.07. The Kier molecular flexibility index (Phi) is 4.73. The minimum atomic E-state index is -4.11. The third-order valence-electron chi connectivity index (χ3n) is 3.66. The molecule has 1 fully saturated rings. The van der Waals surface area contributed by atoms with Crippen LogP contribution in [0.15, 0.2) is 23.1 Å². The first-order chi connectivity index (χ1) is 9.77. The van der Waals surface area contributed by atoms with Crippen molar-refractivity contribution in [2.45, 2.75) is 43.6 Å². The second-order valence-corrected chi connectivity index (χ2v) is 7.86. The zero-order valence-corrected chi connectivity index (χ0v) is 13.1. The van der Waals surface area contributed by atoms with Crippen LogP contribution in [0.3, 0.4) is 0 Å². The van der Waals surface area contributed by atoms with Gasteiger partial charge in [-0.15, -0.1) is 0 Å². The molecule has 0 spiro atoms. The monoisotopic (exact) mass is 333 g/mol. The molecule has 0 saturated heterocycles. The Morgan fingerprint density at radius 3 is 2.43 bits per heavy atom. The second-order valence-electron chi connectivity index (χ2n) is 5.33. The SMILES string of the molecule is CC1CCC(Oc2ccc([N+](=O)[O-])cc2S(=O)(=O)Cl)CC1. The number of halogens is 1. The summed E-state index contributed by atoms with van der Waals surface area (Å²) in [5.74, 6) is 0.716. The number of benzene rings is 1. The van der Waals surface area contributed by atoms with Crippen LogP contribution in [0.4, 0.5) is 5.69 Å². The molecule has 0 aliphatic heterocycles. The van der Waals surface area contributed by atoms with E-state index < -0.39 is 14.0 Å². The molecule has 1 aromatic rings. The maximum absolute atomic E-state index is 11.6. The average Bonchev–Trinajstić information content (AvgIpc) is 2.40. The zero-order chi connectivity index (χ0) is 15.6. The highest BCUT2D eigenvalue weighted by molar-refractivity contribution is 8.13. The summed E-state index contributed by atoms with van der Waals surface area (Å²) < 4.78 is 28.9. The molecule has 0 heterocycles. The number of nitro benzene ring substituents is 1. The van der Waals surface area contributed by atoms with Gasteiger partial charge in [0.1, 0.15) is 10.6 Å². The first kappa shape index (κ1) is 16.0. The van der Waals surface area contributed by atoms with Crippen molar-refractivity contribution in [3.8, 4) is 5.75 Å². The van der Waals surface area contributed by atoms with Gasteiger partial charge in [0.15, 0.2) is 0 Å². The van der Waals surface area contributed by atoms with Gasteiger partial charge in [-0.2, -0.15) is 0 Å².